The number of carbonyl (C=O) groups excluding carboxylic acids is 1. The molecule has 2 heterocycles. The summed E-state index contributed by atoms with van der Waals surface area (Å²) >= 11 is 13.6. The zero-order chi connectivity index (χ0) is 22.5. The van der Waals surface area contributed by atoms with E-state index < -0.39 is 5.91 Å². The van der Waals surface area contributed by atoms with Gasteiger partial charge in [-0.25, -0.2) is 4.98 Å². The molecule has 0 fully saturated rings. The Morgan fingerprint density at radius 2 is 1.97 bits per heavy atom. The van der Waals surface area contributed by atoms with Crippen molar-refractivity contribution in [1.82, 2.24) is 4.98 Å². The van der Waals surface area contributed by atoms with Crippen LogP contribution in [0, 0.1) is 11.3 Å². The Balaban J connectivity index is 1.45. The second kappa shape index (κ2) is 9.84. The molecular weight excluding hydrogens is 465 g/mol. The Kier molecular flexibility index (Phi) is 6.72. The zero-order valence-corrected chi connectivity index (χ0v) is 18.8. The highest BCUT2D eigenvalue weighted by Gasteiger charge is 2.14. The molecule has 4 rings (SSSR count). The molecule has 1 amide bonds. The molecule has 0 unspecified atom stereocenters. The summed E-state index contributed by atoms with van der Waals surface area (Å²) in [5.74, 6) is 0.497. The lowest BCUT2D eigenvalue weighted by Crippen LogP contribution is -2.13. The van der Waals surface area contributed by atoms with Gasteiger partial charge < -0.3 is 4.42 Å². The fourth-order valence-electron chi connectivity index (χ4n) is 2.96. The minimum Gasteiger partial charge on any atom is -0.457 e. The first-order valence-corrected chi connectivity index (χ1v) is 11.1. The van der Waals surface area contributed by atoms with Gasteiger partial charge in [-0.1, -0.05) is 53.5 Å². The summed E-state index contributed by atoms with van der Waals surface area (Å²) in [6, 6.07) is 20.2. The number of anilines is 1. The van der Waals surface area contributed by atoms with E-state index in [-0.39, 0.29) is 5.57 Å². The molecule has 32 heavy (non-hydrogen) atoms. The highest BCUT2D eigenvalue weighted by molar-refractivity contribution is 7.15. The van der Waals surface area contributed by atoms with Gasteiger partial charge in [0, 0.05) is 39.2 Å². The number of aromatic nitrogens is 1. The van der Waals surface area contributed by atoms with Gasteiger partial charge in [-0.2, -0.15) is 5.26 Å². The van der Waals surface area contributed by atoms with E-state index >= 15 is 0 Å². The van der Waals surface area contributed by atoms with E-state index in [0.717, 1.165) is 16.0 Å². The van der Waals surface area contributed by atoms with Crippen molar-refractivity contribution >= 4 is 51.7 Å². The molecule has 0 aliphatic rings. The number of furan rings is 1. The maximum Gasteiger partial charge on any atom is 0.268 e. The number of nitrogens with zero attached hydrogens (tertiary/aromatic N) is 2. The van der Waals surface area contributed by atoms with Crippen molar-refractivity contribution in [1.29, 1.82) is 5.26 Å². The highest BCUT2D eigenvalue weighted by atomic mass is 35.5. The van der Waals surface area contributed by atoms with Crippen molar-refractivity contribution < 1.29 is 9.21 Å². The summed E-state index contributed by atoms with van der Waals surface area (Å²) in [4.78, 5) is 17.7. The van der Waals surface area contributed by atoms with Crippen LogP contribution in [0.25, 0.3) is 17.4 Å². The van der Waals surface area contributed by atoms with Crippen LogP contribution < -0.4 is 5.32 Å². The Morgan fingerprint density at radius 3 is 2.75 bits per heavy atom. The van der Waals surface area contributed by atoms with Crippen LogP contribution in [0.15, 0.2) is 76.9 Å². The highest BCUT2D eigenvalue weighted by Crippen LogP contribution is 2.27. The number of hydrogen-bond acceptors (Lipinski definition) is 5. The Bertz CT molecular complexity index is 1340. The van der Waals surface area contributed by atoms with Gasteiger partial charge >= 0.3 is 0 Å². The van der Waals surface area contributed by atoms with Crippen molar-refractivity contribution in [2.75, 3.05) is 5.32 Å². The number of halogens is 2. The van der Waals surface area contributed by atoms with Crippen LogP contribution in [-0.2, 0) is 11.2 Å². The maximum atomic E-state index is 12.6. The molecule has 8 heteroatoms. The smallest absolute Gasteiger partial charge is 0.268 e. The van der Waals surface area contributed by atoms with Crippen molar-refractivity contribution in [3.8, 4) is 17.4 Å². The zero-order valence-electron chi connectivity index (χ0n) is 16.5. The van der Waals surface area contributed by atoms with E-state index in [1.165, 1.54) is 17.4 Å². The molecule has 0 spiro atoms. The first-order valence-electron chi connectivity index (χ1n) is 9.49. The number of amides is 1. The number of rotatable bonds is 6. The number of nitrogens with one attached hydrogen (secondary N) is 1. The summed E-state index contributed by atoms with van der Waals surface area (Å²) in [5.41, 5.74) is 1.68. The monoisotopic (exact) mass is 479 g/mol. The molecule has 1 N–H and O–H groups in total. The van der Waals surface area contributed by atoms with E-state index in [9.17, 15) is 10.1 Å². The number of hydrogen-bond donors (Lipinski definition) is 1. The maximum absolute atomic E-state index is 12.6. The molecule has 2 aromatic carbocycles. The van der Waals surface area contributed by atoms with Gasteiger partial charge in [-0.15, -0.1) is 11.3 Å². The predicted octanol–water partition coefficient (Wildman–Crippen LogP) is 6.85. The van der Waals surface area contributed by atoms with E-state index in [4.69, 9.17) is 27.6 Å². The molecule has 0 saturated carbocycles. The summed E-state index contributed by atoms with van der Waals surface area (Å²) in [6.07, 6.45) is 3.59. The number of benzene rings is 2. The van der Waals surface area contributed by atoms with Crippen molar-refractivity contribution in [3.63, 3.8) is 0 Å². The number of thiazole rings is 1. The third-order valence-electron chi connectivity index (χ3n) is 4.48. The van der Waals surface area contributed by atoms with Gasteiger partial charge in [-0.3, -0.25) is 10.1 Å². The van der Waals surface area contributed by atoms with Gasteiger partial charge in [0.05, 0.1) is 0 Å². The van der Waals surface area contributed by atoms with E-state index in [2.05, 4.69) is 10.3 Å². The summed E-state index contributed by atoms with van der Waals surface area (Å²) in [5, 5.41) is 13.7. The van der Waals surface area contributed by atoms with Crippen molar-refractivity contribution in [3.05, 3.63) is 98.7 Å². The third-order valence-corrected chi connectivity index (χ3v) is 6.00. The lowest BCUT2D eigenvalue weighted by atomic mass is 10.1. The molecule has 2 aromatic heterocycles. The molecule has 4 aromatic rings. The number of carbonyl (C=O) groups is 1. The average Bonchev–Trinajstić information content (AvgIpc) is 3.44. The summed E-state index contributed by atoms with van der Waals surface area (Å²) in [6.45, 7) is 0. The van der Waals surface area contributed by atoms with Gasteiger partial charge in [0.15, 0.2) is 5.13 Å². The second-order valence-electron chi connectivity index (χ2n) is 6.74. The minimum atomic E-state index is -0.563. The molecule has 158 valence electrons. The molecule has 0 saturated heterocycles. The SMILES string of the molecule is N#C/C(=C/c1ccc(-c2ccccc2)o1)C(=O)Nc1ncc(Cc2cc(Cl)ccc2Cl)s1. The van der Waals surface area contributed by atoms with Crippen LogP contribution in [0.3, 0.4) is 0 Å². The van der Waals surface area contributed by atoms with Gasteiger partial charge in [0.25, 0.3) is 5.91 Å². The van der Waals surface area contributed by atoms with E-state index in [1.807, 2.05) is 36.4 Å². The molecule has 5 nitrogen and oxygen atoms in total. The Labute approximate surface area is 198 Å². The van der Waals surface area contributed by atoms with Crippen molar-refractivity contribution in [2.24, 2.45) is 0 Å². The largest absolute Gasteiger partial charge is 0.457 e. The third kappa shape index (κ3) is 5.27. The van der Waals surface area contributed by atoms with Crippen LogP contribution in [-0.4, -0.2) is 10.9 Å². The van der Waals surface area contributed by atoms with Crippen LogP contribution >= 0.6 is 34.5 Å². The molecule has 0 aliphatic carbocycles. The standard InChI is InChI=1S/C24H15Cl2N3O2S/c25-18-6-8-21(26)16(10-18)12-20-14-28-24(32-20)29-23(30)17(13-27)11-19-7-9-22(31-19)15-4-2-1-3-5-15/h1-11,14H,12H2,(H,28,29,30)/b17-11-. The molecule has 0 bridgehead atoms. The quantitative estimate of drug-likeness (QED) is 0.242. The van der Waals surface area contributed by atoms with Crippen LogP contribution in [0.5, 0.6) is 0 Å². The fourth-order valence-corrected chi connectivity index (χ4v) is 4.17. The summed E-state index contributed by atoms with van der Waals surface area (Å²) < 4.78 is 5.75. The van der Waals surface area contributed by atoms with Gasteiger partial charge in [-0.05, 0) is 35.9 Å². The normalized spacial score (nSPS) is 11.2. The second-order valence-corrected chi connectivity index (χ2v) is 8.70. The summed E-state index contributed by atoms with van der Waals surface area (Å²) in [7, 11) is 0. The average molecular weight is 480 g/mol. The van der Waals surface area contributed by atoms with Crippen LogP contribution in [0.2, 0.25) is 10.0 Å². The van der Waals surface area contributed by atoms with E-state index in [1.54, 1.807) is 36.5 Å². The Morgan fingerprint density at radius 1 is 1.16 bits per heavy atom. The molecule has 0 aliphatic heterocycles. The molecule has 0 radical (unpaired) electrons. The Hall–Kier alpha value is -3.37. The molecular formula is C24H15Cl2N3O2S. The van der Waals surface area contributed by atoms with Crippen LogP contribution in [0.1, 0.15) is 16.2 Å². The first kappa shape index (κ1) is 21.8. The van der Waals surface area contributed by atoms with Gasteiger partial charge in [0.1, 0.15) is 23.2 Å². The predicted molar refractivity (Wildman–Crippen MR) is 128 cm³/mol. The van der Waals surface area contributed by atoms with E-state index in [0.29, 0.717) is 33.1 Å². The minimum absolute atomic E-state index is 0.0893. The van der Waals surface area contributed by atoms with Crippen molar-refractivity contribution in [2.45, 2.75) is 6.42 Å². The van der Waals surface area contributed by atoms with Crippen LogP contribution in [0.4, 0.5) is 5.13 Å². The first-order chi connectivity index (χ1) is 15.5. The number of nitriles is 1. The topological polar surface area (TPSA) is 78.9 Å². The molecule has 0 atom stereocenters. The fraction of sp³-hybridized carbons (Fsp3) is 0.0417. The lowest BCUT2D eigenvalue weighted by Gasteiger charge is -2.02. The lowest BCUT2D eigenvalue weighted by molar-refractivity contribution is -0.112. The van der Waals surface area contributed by atoms with Gasteiger partial charge in [0.2, 0.25) is 0 Å².